The highest BCUT2D eigenvalue weighted by Crippen LogP contribution is 2.04. The molecule has 18 heavy (non-hydrogen) atoms. The standard InChI is InChI=1S/C12H24N2O4/c1-8(2)6-14(7-9(3)4)12(18)13-5-10(15)11(16)17/h8-10,15H,5-7H2,1-4H3,(H,13,18)(H,16,17). The summed E-state index contributed by atoms with van der Waals surface area (Å²) in [6.45, 7) is 8.96. The minimum absolute atomic E-state index is 0.277. The van der Waals surface area contributed by atoms with E-state index in [0.29, 0.717) is 24.9 Å². The summed E-state index contributed by atoms with van der Waals surface area (Å²) < 4.78 is 0. The number of aliphatic carboxylic acids is 1. The van der Waals surface area contributed by atoms with Gasteiger partial charge in [0.05, 0.1) is 6.54 Å². The predicted molar refractivity (Wildman–Crippen MR) is 68.3 cm³/mol. The number of aliphatic hydroxyl groups is 1. The fourth-order valence-corrected chi connectivity index (χ4v) is 1.51. The zero-order chi connectivity index (χ0) is 14.3. The Kier molecular flexibility index (Phi) is 7.35. The molecule has 1 unspecified atom stereocenters. The van der Waals surface area contributed by atoms with Crippen molar-refractivity contribution >= 4 is 12.0 Å². The molecule has 0 rings (SSSR count). The molecule has 3 N–H and O–H groups in total. The second-order valence-electron chi connectivity index (χ2n) is 5.23. The quantitative estimate of drug-likeness (QED) is 0.630. The summed E-state index contributed by atoms with van der Waals surface area (Å²) in [6.07, 6.45) is -1.56. The van der Waals surface area contributed by atoms with Gasteiger partial charge >= 0.3 is 12.0 Å². The summed E-state index contributed by atoms with van der Waals surface area (Å²) in [7, 11) is 0. The Bertz CT molecular complexity index is 269. The summed E-state index contributed by atoms with van der Waals surface area (Å²) >= 11 is 0. The lowest BCUT2D eigenvalue weighted by molar-refractivity contribution is -0.146. The highest BCUT2D eigenvalue weighted by molar-refractivity contribution is 5.76. The van der Waals surface area contributed by atoms with Gasteiger partial charge in [-0.15, -0.1) is 0 Å². The molecule has 0 heterocycles. The second kappa shape index (κ2) is 7.92. The molecule has 0 saturated heterocycles. The largest absolute Gasteiger partial charge is 0.479 e. The summed E-state index contributed by atoms with van der Waals surface area (Å²) in [5, 5.41) is 20.0. The van der Waals surface area contributed by atoms with Crippen LogP contribution in [0.2, 0.25) is 0 Å². The molecule has 0 spiro atoms. The molecule has 0 bridgehead atoms. The van der Waals surface area contributed by atoms with Gasteiger partial charge in [-0.05, 0) is 11.8 Å². The van der Waals surface area contributed by atoms with Crippen molar-refractivity contribution in [3.63, 3.8) is 0 Å². The van der Waals surface area contributed by atoms with Gasteiger partial charge in [0.15, 0.2) is 6.10 Å². The van der Waals surface area contributed by atoms with Crippen LogP contribution < -0.4 is 5.32 Å². The molecule has 0 aliphatic carbocycles. The maximum absolute atomic E-state index is 11.9. The Morgan fingerprint density at radius 1 is 1.11 bits per heavy atom. The second-order valence-corrected chi connectivity index (χ2v) is 5.23. The van der Waals surface area contributed by atoms with Crippen LogP contribution in [-0.2, 0) is 4.79 Å². The number of rotatable bonds is 7. The molecule has 0 fully saturated rings. The van der Waals surface area contributed by atoms with E-state index in [0.717, 1.165) is 0 Å². The number of carboxylic acids is 1. The van der Waals surface area contributed by atoms with Crippen LogP contribution in [0.1, 0.15) is 27.7 Å². The van der Waals surface area contributed by atoms with Crippen LogP contribution in [0.4, 0.5) is 4.79 Å². The molecular formula is C12H24N2O4. The summed E-state index contributed by atoms with van der Waals surface area (Å²) in [4.78, 5) is 23.9. The fourth-order valence-electron chi connectivity index (χ4n) is 1.51. The molecule has 0 aliphatic heterocycles. The van der Waals surface area contributed by atoms with Gasteiger partial charge in [0, 0.05) is 13.1 Å². The average molecular weight is 260 g/mol. The smallest absolute Gasteiger partial charge is 0.334 e. The molecule has 0 saturated carbocycles. The molecule has 6 heteroatoms. The lowest BCUT2D eigenvalue weighted by atomic mass is 10.1. The molecular weight excluding hydrogens is 236 g/mol. The van der Waals surface area contributed by atoms with Crippen molar-refractivity contribution in [1.82, 2.24) is 10.2 Å². The van der Waals surface area contributed by atoms with Gasteiger partial charge in [-0.25, -0.2) is 9.59 Å². The summed E-state index contributed by atoms with van der Waals surface area (Å²) in [5.41, 5.74) is 0. The fraction of sp³-hybridized carbons (Fsp3) is 0.833. The van der Waals surface area contributed by atoms with E-state index in [4.69, 9.17) is 10.2 Å². The average Bonchev–Trinajstić information content (AvgIpc) is 2.22. The van der Waals surface area contributed by atoms with E-state index in [9.17, 15) is 9.59 Å². The Balaban J connectivity index is 4.32. The third kappa shape index (κ3) is 7.11. The number of hydrogen-bond donors (Lipinski definition) is 3. The highest BCUT2D eigenvalue weighted by Gasteiger charge is 2.19. The molecule has 2 amide bonds. The maximum atomic E-state index is 11.9. The van der Waals surface area contributed by atoms with E-state index in [1.807, 2.05) is 27.7 Å². The number of amides is 2. The van der Waals surface area contributed by atoms with E-state index in [1.54, 1.807) is 4.90 Å². The predicted octanol–water partition coefficient (Wildman–Crippen LogP) is 0.755. The Morgan fingerprint density at radius 3 is 1.89 bits per heavy atom. The van der Waals surface area contributed by atoms with E-state index >= 15 is 0 Å². The van der Waals surface area contributed by atoms with Crippen LogP contribution in [0.3, 0.4) is 0 Å². The third-order valence-corrected chi connectivity index (χ3v) is 2.19. The van der Waals surface area contributed by atoms with Gasteiger partial charge < -0.3 is 20.4 Å². The van der Waals surface area contributed by atoms with Crippen molar-refractivity contribution in [2.45, 2.75) is 33.8 Å². The first kappa shape index (κ1) is 16.7. The van der Waals surface area contributed by atoms with Gasteiger partial charge in [-0.3, -0.25) is 0 Å². The van der Waals surface area contributed by atoms with Crippen molar-refractivity contribution in [3.05, 3.63) is 0 Å². The molecule has 0 aromatic heterocycles. The number of carbonyl (C=O) groups excluding carboxylic acids is 1. The number of carbonyl (C=O) groups is 2. The highest BCUT2D eigenvalue weighted by atomic mass is 16.4. The van der Waals surface area contributed by atoms with Crippen LogP contribution in [0, 0.1) is 11.8 Å². The third-order valence-electron chi connectivity index (χ3n) is 2.19. The van der Waals surface area contributed by atoms with E-state index in [2.05, 4.69) is 5.32 Å². The minimum Gasteiger partial charge on any atom is -0.479 e. The number of carboxylic acid groups (broad SMARTS) is 1. The zero-order valence-corrected chi connectivity index (χ0v) is 11.5. The number of aliphatic hydroxyl groups excluding tert-OH is 1. The number of hydrogen-bond acceptors (Lipinski definition) is 3. The summed E-state index contributed by atoms with van der Waals surface area (Å²) in [6, 6.07) is -0.335. The Hall–Kier alpha value is -1.30. The number of nitrogens with one attached hydrogen (secondary N) is 1. The molecule has 6 nitrogen and oxygen atoms in total. The Morgan fingerprint density at radius 2 is 1.56 bits per heavy atom. The van der Waals surface area contributed by atoms with E-state index < -0.39 is 12.1 Å². The molecule has 0 aliphatic rings. The Labute approximate surface area is 108 Å². The first-order valence-corrected chi connectivity index (χ1v) is 6.17. The lowest BCUT2D eigenvalue weighted by Gasteiger charge is -2.26. The van der Waals surface area contributed by atoms with Crippen LogP contribution in [0.25, 0.3) is 0 Å². The van der Waals surface area contributed by atoms with E-state index in [-0.39, 0.29) is 12.6 Å². The van der Waals surface area contributed by atoms with Crippen LogP contribution >= 0.6 is 0 Å². The van der Waals surface area contributed by atoms with Gasteiger partial charge in [0.25, 0.3) is 0 Å². The van der Waals surface area contributed by atoms with Crippen molar-refractivity contribution in [1.29, 1.82) is 0 Å². The topological polar surface area (TPSA) is 89.9 Å². The van der Waals surface area contributed by atoms with Gasteiger partial charge in [0.2, 0.25) is 0 Å². The molecule has 0 radical (unpaired) electrons. The van der Waals surface area contributed by atoms with Crippen molar-refractivity contribution < 1.29 is 19.8 Å². The maximum Gasteiger partial charge on any atom is 0.334 e. The number of nitrogens with zero attached hydrogens (tertiary/aromatic N) is 1. The molecule has 0 aromatic rings. The first-order valence-electron chi connectivity index (χ1n) is 6.17. The molecule has 0 aromatic carbocycles. The van der Waals surface area contributed by atoms with Crippen LogP contribution in [0.15, 0.2) is 0 Å². The van der Waals surface area contributed by atoms with Crippen molar-refractivity contribution in [3.8, 4) is 0 Å². The summed E-state index contributed by atoms with van der Waals surface area (Å²) in [5.74, 6) is -0.674. The van der Waals surface area contributed by atoms with Gasteiger partial charge in [-0.1, -0.05) is 27.7 Å². The van der Waals surface area contributed by atoms with Crippen molar-refractivity contribution in [2.75, 3.05) is 19.6 Å². The van der Waals surface area contributed by atoms with Crippen molar-refractivity contribution in [2.24, 2.45) is 11.8 Å². The van der Waals surface area contributed by atoms with Crippen LogP contribution in [-0.4, -0.2) is 52.9 Å². The minimum atomic E-state index is -1.56. The molecule has 1 atom stereocenters. The number of urea groups is 1. The monoisotopic (exact) mass is 260 g/mol. The zero-order valence-electron chi connectivity index (χ0n) is 11.5. The van der Waals surface area contributed by atoms with Gasteiger partial charge in [-0.2, -0.15) is 0 Å². The normalized spacial score (nSPS) is 12.6. The SMILES string of the molecule is CC(C)CN(CC(C)C)C(=O)NCC(O)C(=O)O. The molecule has 106 valence electrons. The lowest BCUT2D eigenvalue weighted by Crippen LogP contribution is -2.46. The van der Waals surface area contributed by atoms with Gasteiger partial charge in [0.1, 0.15) is 0 Å². The first-order chi connectivity index (χ1) is 8.23. The van der Waals surface area contributed by atoms with Crippen LogP contribution in [0.5, 0.6) is 0 Å². The van der Waals surface area contributed by atoms with E-state index in [1.165, 1.54) is 0 Å².